The van der Waals surface area contributed by atoms with Crippen molar-refractivity contribution < 1.29 is 33.4 Å². The average Bonchev–Trinajstić information content (AvgIpc) is 2.89. The predicted octanol–water partition coefficient (Wildman–Crippen LogP) is 4.11. The summed E-state index contributed by atoms with van der Waals surface area (Å²) in [6.45, 7) is 7.21. The van der Waals surface area contributed by atoms with Gasteiger partial charge in [0.05, 0.1) is 41.1 Å². The van der Waals surface area contributed by atoms with E-state index in [-0.39, 0.29) is 50.8 Å². The molecule has 40 heavy (non-hydrogen) atoms. The highest BCUT2D eigenvalue weighted by Crippen LogP contribution is 2.46. The first-order valence-electron chi connectivity index (χ1n) is 13.4. The third kappa shape index (κ3) is 4.20. The molecule has 1 aliphatic carbocycles. The Morgan fingerprint density at radius 1 is 1.12 bits per heavy atom. The number of ketones is 2. The van der Waals surface area contributed by atoms with Crippen molar-refractivity contribution in [2.24, 2.45) is 0 Å². The minimum Gasteiger partial charge on any atom is -0.463 e. The van der Waals surface area contributed by atoms with E-state index < -0.39 is 41.4 Å². The molecule has 0 spiro atoms. The lowest BCUT2D eigenvalue weighted by Gasteiger charge is -2.49. The number of likely N-dealkylation sites (N-methyl/N-ethyl adjacent to an activating group) is 1. The molecule has 1 aromatic heterocycles. The first-order chi connectivity index (χ1) is 18.9. The Balaban J connectivity index is 1.75. The number of nitrogens with zero attached hydrogens (tertiary/aromatic N) is 1. The summed E-state index contributed by atoms with van der Waals surface area (Å²) < 4.78 is 17.7. The maximum Gasteiger partial charge on any atom is 0.311 e. The van der Waals surface area contributed by atoms with Crippen LogP contribution in [0, 0.1) is 6.92 Å². The van der Waals surface area contributed by atoms with Crippen LogP contribution in [0.4, 0.5) is 0 Å². The topological polar surface area (TPSA) is 123 Å². The summed E-state index contributed by atoms with van der Waals surface area (Å²) in [7, 11) is 3.74. The minimum atomic E-state index is -0.796. The van der Waals surface area contributed by atoms with Crippen molar-refractivity contribution >= 4 is 28.5 Å². The Kier molecular flexibility index (Phi) is 7.02. The first-order valence-corrected chi connectivity index (χ1v) is 13.4. The molecule has 1 fully saturated rings. The second-order valence-corrected chi connectivity index (χ2v) is 11.1. The van der Waals surface area contributed by atoms with Crippen LogP contribution in [-0.4, -0.2) is 59.4 Å². The van der Waals surface area contributed by atoms with Crippen molar-refractivity contribution in [3.05, 3.63) is 74.1 Å². The van der Waals surface area contributed by atoms with Crippen LogP contribution in [-0.2, 0) is 9.53 Å². The maximum atomic E-state index is 14.2. The highest BCUT2D eigenvalue weighted by atomic mass is 16.5. The lowest BCUT2D eigenvalue weighted by atomic mass is 9.77. The number of rotatable bonds is 5. The number of carbonyl (C=O) groups is 3. The van der Waals surface area contributed by atoms with E-state index in [2.05, 4.69) is 0 Å². The molecule has 0 saturated carbocycles. The van der Waals surface area contributed by atoms with Gasteiger partial charge in [0, 0.05) is 34.7 Å². The third-order valence-corrected chi connectivity index (χ3v) is 8.36. The monoisotopic (exact) mass is 547 g/mol. The van der Waals surface area contributed by atoms with E-state index in [1.54, 1.807) is 26.0 Å². The Labute approximate surface area is 231 Å². The molecule has 0 bridgehead atoms. The van der Waals surface area contributed by atoms with E-state index in [9.17, 15) is 24.3 Å². The zero-order valence-corrected chi connectivity index (χ0v) is 23.5. The number of carbonyl (C=O) groups excluding carboxylic acids is 3. The van der Waals surface area contributed by atoms with Gasteiger partial charge in [0.1, 0.15) is 11.3 Å². The highest BCUT2D eigenvalue weighted by molar-refractivity contribution is 6.32. The molecule has 0 radical (unpaired) electrons. The van der Waals surface area contributed by atoms with Crippen LogP contribution in [0.5, 0.6) is 5.75 Å². The summed E-state index contributed by atoms with van der Waals surface area (Å²) in [4.78, 5) is 55.5. The van der Waals surface area contributed by atoms with Gasteiger partial charge in [-0.2, -0.15) is 0 Å². The minimum absolute atomic E-state index is 0.0218. The fourth-order valence-electron chi connectivity index (χ4n) is 5.89. The molecule has 5 rings (SSSR count). The summed E-state index contributed by atoms with van der Waals surface area (Å²) in [5, 5.41) is 11.2. The number of hydrogen-bond acceptors (Lipinski definition) is 9. The molecule has 4 atom stereocenters. The molecule has 9 heteroatoms. The number of hydrogen-bond donors (Lipinski definition) is 1. The smallest absolute Gasteiger partial charge is 0.311 e. The van der Waals surface area contributed by atoms with Gasteiger partial charge in [-0.25, -0.2) is 0 Å². The van der Waals surface area contributed by atoms with Crippen molar-refractivity contribution in [1.82, 2.24) is 4.90 Å². The number of ether oxygens (including phenoxy) is 2. The van der Waals surface area contributed by atoms with E-state index in [4.69, 9.17) is 13.9 Å². The van der Waals surface area contributed by atoms with Crippen molar-refractivity contribution in [1.29, 1.82) is 0 Å². The lowest BCUT2D eigenvalue weighted by Crippen LogP contribution is -2.59. The van der Waals surface area contributed by atoms with Gasteiger partial charge < -0.3 is 23.9 Å². The first kappa shape index (κ1) is 27.9. The van der Waals surface area contributed by atoms with Gasteiger partial charge >= 0.3 is 5.97 Å². The number of fused-ring (bicyclic) bond motifs is 4. The summed E-state index contributed by atoms with van der Waals surface area (Å²) in [6.07, 6.45) is 0.137. The van der Waals surface area contributed by atoms with Crippen LogP contribution < -0.4 is 10.2 Å². The van der Waals surface area contributed by atoms with Gasteiger partial charge in [0.2, 0.25) is 5.78 Å². The maximum absolute atomic E-state index is 14.2. The highest BCUT2D eigenvalue weighted by Gasteiger charge is 2.48. The number of benzene rings is 2. The van der Waals surface area contributed by atoms with Gasteiger partial charge in [-0.15, -0.1) is 0 Å². The average molecular weight is 548 g/mol. The fraction of sp³-hybridized carbons (Fsp3) is 0.419. The molecule has 2 aliphatic rings. The van der Waals surface area contributed by atoms with Crippen LogP contribution in [0.15, 0.2) is 39.7 Å². The summed E-state index contributed by atoms with van der Waals surface area (Å²) in [6, 6.07) is 6.00. The molecule has 1 aliphatic heterocycles. The zero-order chi connectivity index (χ0) is 29.1. The molecule has 1 saturated heterocycles. The Bertz CT molecular complexity index is 1620. The predicted molar refractivity (Wildman–Crippen MR) is 147 cm³/mol. The molecule has 3 aromatic rings. The quantitative estimate of drug-likeness (QED) is 0.290. The van der Waals surface area contributed by atoms with Crippen LogP contribution in [0.3, 0.4) is 0 Å². The SMILES string of the molecule is CCCC(=O)Oc1c([C@H]2C[C@@](C)(N(C)C)[C@H](O)[C@H](C)O2)ccc2c1C(=O)c1c(cc(C)c3c(=O)ccoc13)C2=O. The normalized spacial score (nSPS) is 24.2. The van der Waals surface area contributed by atoms with Crippen molar-refractivity contribution in [2.75, 3.05) is 14.1 Å². The van der Waals surface area contributed by atoms with E-state index in [1.807, 2.05) is 32.8 Å². The van der Waals surface area contributed by atoms with Crippen LogP contribution in [0.25, 0.3) is 11.0 Å². The third-order valence-electron chi connectivity index (χ3n) is 8.36. The molecular formula is C31H33NO8. The van der Waals surface area contributed by atoms with Gasteiger partial charge in [-0.3, -0.25) is 19.2 Å². The number of aliphatic hydroxyl groups is 1. The Hall–Kier alpha value is -3.66. The second kappa shape index (κ2) is 10.1. The molecule has 2 heterocycles. The number of aryl methyl sites for hydroxylation is 1. The van der Waals surface area contributed by atoms with E-state index in [0.29, 0.717) is 24.0 Å². The Morgan fingerprint density at radius 3 is 2.52 bits per heavy atom. The van der Waals surface area contributed by atoms with E-state index >= 15 is 0 Å². The van der Waals surface area contributed by atoms with E-state index in [1.165, 1.54) is 18.4 Å². The molecule has 9 nitrogen and oxygen atoms in total. The second-order valence-electron chi connectivity index (χ2n) is 11.1. The van der Waals surface area contributed by atoms with Crippen molar-refractivity contribution in [3.8, 4) is 5.75 Å². The molecule has 0 amide bonds. The molecule has 0 unspecified atom stereocenters. The van der Waals surface area contributed by atoms with Gasteiger partial charge in [0.25, 0.3) is 0 Å². The summed E-state index contributed by atoms with van der Waals surface area (Å²) in [5.74, 6) is -1.61. The van der Waals surface area contributed by atoms with Gasteiger partial charge in [0.15, 0.2) is 11.2 Å². The zero-order valence-electron chi connectivity index (χ0n) is 23.5. The molecule has 2 aromatic carbocycles. The van der Waals surface area contributed by atoms with Gasteiger partial charge in [-0.05, 0) is 65.4 Å². The van der Waals surface area contributed by atoms with Crippen LogP contribution >= 0.6 is 0 Å². The van der Waals surface area contributed by atoms with Crippen LogP contribution in [0.1, 0.15) is 89.1 Å². The largest absolute Gasteiger partial charge is 0.463 e. The van der Waals surface area contributed by atoms with Crippen LogP contribution in [0.2, 0.25) is 0 Å². The lowest BCUT2D eigenvalue weighted by molar-refractivity contribution is -0.176. The summed E-state index contributed by atoms with van der Waals surface area (Å²) in [5.41, 5.74) is 0.0699. The van der Waals surface area contributed by atoms with Crippen molar-refractivity contribution in [2.45, 2.75) is 70.8 Å². The molecule has 1 N–H and O–H groups in total. The Morgan fingerprint density at radius 2 is 1.85 bits per heavy atom. The van der Waals surface area contributed by atoms with Crippen molar-refractivity contribution in [3.63, 3.8) is 0 Å². The summed E-state index contributed by atoms with van der Waals surface area (Å²) >= 11 is 0. The van der Waals surface area contributed by atoms with Gasteiger partial charge in [-0.1, -0.05) is 13.0 Å². The molecule has 210 valence electrons. The van der Waals surface area contributed by atoms with E-state index in [0.717, 1.165) is 0 Å². The number of aliphatic hydroxyl groups excluding tert-OH is 1. The standard InChI is InChI=1S/C31H33NO8/c1-7-8-22(34)40-28-17(21-14-31(4,32(5)6)30(37)16(3)39-21)9-10-18-24(28)27(36)25-19(26(18)35)13-15(2)23-20(33)11-12-38-29(23)25/h9-13,16,21,30,37H,7-8,14H2,1-6H3/t16-,21+,30+,31+/m0/s1. The fourth-order valence-corrected chi connectivity index (χ4v) is 5.89. The number of esters is 1. The molecular weight excluding hydrogens is 514 g/mol.